The van der Waals surface area contributed by atoms with E-state index in [1.807, 2.05) is 0 Å². The Hall–Kier alpha value is -0.780. The van der Waals surface area contributed by atoms with E-state index in [0.29, 0.717) is 0 Å². The van der Waals surface area contributed by atoms with Gasteiger partial charge in [0.05, 0.1) is 6.61 Å². The minimum atomic E-state index is -0.866. The second-order valence-electron chi connectivity index (χ2n) is 2.92. The summed E-state index contributed by atoms with van der Waals surface area (Å²) in [5.74, 6) is -0.534. The summed E-state index contributed by atoms with van der Waals surface area (Å²) in [5.41, 5.74) is 0. The number of hydrogen-bond acceptors (Lipinski definition) is 5. The summed E-state index contributed by atoms with van der Waals surface area (Å²) in [7, 11) is 0. The summed E-state index contributed by atoms with van der Waals surface area (Å²) in [4.78, 5) is 18.6. The zero-order valence-corrected chi connectivity index (χ0v) is 11.3. The number of carbonyl (C=O) groups is 1. The molecule has 0 aliphatic rings. The Bertz CT molecular complexity index is 405. The SMILES string of the molecule is CCOC(=O)C(C)Oc1c(Cl)nc(Cl)nc1Cl. The zero-order valence-electron chi connectivity index (χ0n) is 9.04. The zero-order chi connectivity index (χ0) is 13.0. The lowest BCUT2D eigenvalue weighted by molar-refractivity contribution is -0.150. The standard InChI is InChI=1S/C9H9Cl3N2O3/c1-3-16-8(15)4(2)17-5-6(10)13-9(12)14-7(5)11/h4H,3H2,1-2H3. The Morgan fingerprint density at radius 1 is 1.29 bits per heavy atom. The summed E-state index contributed by atoms with van der Waals surface area (Å²) in [5, 5.41) is -0.228. The number of aromatic nitrogens is 2. The predicted octanol–water partition coefficient (Wildman–Crippen LogP) is 2.77. The van der Waals surface area contributed by atoms with E-state index in [4.69, 9.17) is 44.3 Å². The molecule has 1 aromatic rings. The smallest absolute Gasteiger partial charge is 0.347 e. The van der Waals surface area contributed by atoms with Gasteiger partial charge in [-0.05, 0) is 25.4 Å². The maximum atomic E-state index is 11.3. The van der Waals surface area contributed by atoms with Crippen molar-refractivity contribution in [1.29, 1.82) is 0 Å². The molecule has 94 valence electrons. The Balaban J connectivity index is 2.85. The first-order valence-corrected chi connectivity index (χ1v) is 5.81. The van der Waals surface area contributed by atoms with Crippen LogP contribution in [0.25, 0.3) is 0 Å². The molecule has 0 N–H and O–H groups in total. The van der Waals surface area contributed by atoms with Crippen LogP contribution >= 0.6 is 34.8 Å². The fourth-order valence-electron chi connectivity index (χ4n) is 0.955. The van der Waals surface area contributed by atoms with Gasteiger partial charge in [-0.2, -0.15) is 0 Å². The fraction of sp³-hybridized carbons (Fsp3) is 0.444. The van der Waals surface area contributed by atoms with E-state index in [-0.39, 0.29) is 27.9 Å². The van der Waals surface area contributed by atoms with Gasteiger partial charge in [0.15, 0.2) is 22.2 Å². The van der Waals surface area contributed by atoms with Gasteiger partial charge in [-0.1, -0.05) is 23.2 Å². The lowest BCUT2D eigenvalue weighted by atomic mass is 10.4. The van der Waals surface area contributed by atoms with E-state index in [1.54, 1.807) is 6.92 Å². The molecule has 0 aliphatic carbocycles. The van der Waals surface area contributed by atoms with Gasteiger partial charge in [0.1, 0.15) is 0 Å². The molecule has 0 aliphatic heterocycles. The highest BCUT2D eigenvalue weighted by Crippen LogP contribution is 2.31. The third-order valence-corrected chi connectivity index (χ3v) is 2.35. The lowest BCUT2D eigenvalue weighted by Gasteiger charge is -2.14. The Morgan fingerprint density at radius 3 is 2.29 bits per heavy atom. The highest BCUT2D eigenvalue weighted by molar-refractivity contribution is 6.37. The normalized spacial score (nSPS) is 12.1. The number of ether oxygens (including phenoxy) is 2. The van der Waals surface area contributed by atoms with Gasteiger partial charge >= 0.3 is 5.97 Å². The molecule has 0 fully saturated rings. The van der Waals surface area contributed by atoms with Crippen LogP contribution in [0.15, 0.2) is 0 Å². The summed E-state index contributed by atoms with van der Waals surface area (Å²) < 4.78 is 9.99. The van der Waals surface area contributed by atoms with E-state index in [2.05, 4.69) is 9.97 Å². The summed E-state index contributed by atoms with van der Waals surface area (Å²) in [6.07, 6.45) is -0.866. The van der Waals surface area contributed by atoms with E-state index >= 15 is 0 Å². The van der Waals surface area contributed by atoms with E-state index in [1.165, 1.54) is 6.92 Å². The molecule has 0 saturated heterocycles. The third-order valence-electron chi connectivity index (χ3n) is 1.67. The van der Waals surface area contributed by atoms with Gasteiger partial charge in [0, 0.05) is 0 Å². The van der Waals surface area contributed by atoms with Crippen molar-refractivity contribution in [3.63, 3.8) is 0 Å². The molecular formula is C9H9Cl3N2O3. The van der Waals surface area contributed by atoms with Crippen LogP contribution in [0.4, 0.5) is 0 Å². The van der Waals surface area contributed by atoms with Crippen molar-refractivity contribution >= 4 is 40.8 Å². The molecular weight excluding hydrogens is 290 g/mol. The molecule has 0 bridgehead atoms. The van der Waals surface area contributed by atoms with Crippen LogP contribution in [0.2, 0.25) is 15.6 Å². The largest absolute Gasteiger partial charge is 0.473 e. The lowest BCUT2D eigenvalue weighted by Crippen LogP contribution is -2.26. The third kappa shape index (κ3) is 3.87. The number of nitrogens with zero attached hydrogens (tertiary/aromatic N) is 2. The monoisotopic (exact) mass is 298 g/mol. The van der Waals surface area contributed by atoms with Crippen molar-refractivity contribution in [3.05, 3.63) is 15.6 Å². The first kappa shape index (κ1) is 14.3. The van der Waals surface area contributed by atoms with E-state index < -0.39 is 12.1 Å². The Morgan fingerprint density at radius 2 is 1.82 bits per heavy atom. The highest BCUT2D eigenvalue weighted by atomic mass is 35.5. The highest BCUT2D eigenvalue weighted by Gasteiger charge is 2.20. The maximum Gasteiger partial charge on any atom is 0.347 e. The molecule has 1 unspecified atom stereocenters. The van der Waals surface area contributed by atoms with Crippen LogP contribution in [0.5, 0.6) is 5.75 Å². The predicted molar refractivity (Wildman–Crippen MR) is 63.8 cm³/mol. The van der Waals surface area contributed by atoms with Crippen LogP contribution < -0.4 is 4.74 Å². The van der Waals surface area contributed by atoms with Crippen LogP contribution in [-0.4, -0.2) is 28.6 Å². The Labute approximate surface area is 113 Å². The van der Waals surface area contributed by atoms with Crippen LogP contribution in [-0.2, 0) is 9.53 Å². The van der Waals surface area contributed by atoms with Gasteiger partial charge in [-0.25, -0.2) is 14.8 Å². The number of rotatable bonds is 4. The summed E-state index contributed by atoms with van der Waals surface area (Å²) in [6.45, 7) is 3.44. The molecule has 1 aromatic heterocycles. The van der Waals surface area contributed by atoms with Gasteiger partial charge in [0.2, 0.25) is 5.28 Å². The molecule has 0 spiro atoms. The van der Waals surface area contributed by atoms with Crippen LogP contribution in [0.3, 0.4) is 0 Å². The van der Waals surface area contributed by atoms with E-state index in [9.17, 15) is 4.79 Å². The summed E-state index contributed by atoms with van der Waals surface area (Å²) >= 11 is 17.1. The van der Waals surface area contributed by atoms with Crippen molar-refractivity contribution < 1.29 is 14.3 Å². The molecule has 1 atom stereocenters. The number of halogens is 3. The number of hydrogen-bond donors (Lipinski definition) is 0. The second kappa shape index (κ2) is 6.23. The molecule has 1 heterocycles. The van der Waals surface area contributed by atoms with E-state index in [0.717, 1.165) is 0 Å². The molecule has 0 saturated carbocycles. The van der Waals surface area contributed by atoms with Gasteiger partial charge in [-0.15, -0.1) is 0 Å². The summed E-state index contributed by atoms with van der Waals surface area (Å²) in [6, 6.07) is 0. The van der Waals surface area contributed by atoms with Gasteiger partial charge < -0.3 is 9.47 Å². The van der Waals surface area contributed by atoms with Crippen LogP contribution in [0, 0.1) is 0 Å². The quantitative estimate of drug-likeness (QED) is 0.486. The van der Waals surface area contributed by atoms with Crippen molar-refractivity contribution in [3.8, 4) is 5.75 Å². The van der Waals surface area contributed by atoms with Gasteiger partial charge in [0.25, 0.3) is 0 Å². The number of esters is 1. The topological polar surface area (TPSA) is 61.3 Å². The average molecular weight is 300 g/mol. The molecule has 1 rings (SSSR count). The maximum absolute atomic E-state index is 11.3. The van der Waals surface area contributed by atoms with Crippen molar-refractivity contribution in [2.24, 2.45) is 0 Å². The minimum Gasteiger partial charge on any atom is -0.473 e. The molecule has 5 nitrogen and oxygen atoms in total. The Kier molecular flexibility index (Phi) is 5.24. The number of carbonyl (C=O) groups excluding carboxylic acids is 1. The van der Waals surface area contributed by atoms with Crippen molar-refractivity contribution in [2.45, 2.75) is 20.0 Å². The van der Waals surface area contributed by atoms with Crippen molar-refractivity contribution in [2.75, 3.05) is 6.61 Å². The fourth-order valence-corrected chi connectivity index (χ4v) is 1.69. The average Bonchev–Trinajstić information content (AvgIpc) is 2.23. The first-order chi connectivity index (χ1) is 7.95. The molecule has 0 amide bonds. The second-order valence-corrected chi connectivity index (χ2v) is 3.97. The molecule has 0 aromatic carbocycles. The van der Waals surface area contributed by atoms with Crippen LogP contribution in [0.1, 0.15) is 13.8 Å². The molecule has 0 radical (unpaired) electrons. The van der Waals surface area contributed by atoms with Gasteiger partial charge in [-0.3, -0.25) is 0 Å². The minimum absolute atomic E-state index is 0.00159. The molecule has 17 heavy (non-hydrogen) atoms. The van der Waals surface area contributed by atoms with Crippen molar-refractivity contribution in [1.82, 2.24) is 9.97 Å². The first-order valence-electron chi connectivity index (χ1n) is 4.67. The molecule has 8 heteroatoms.